The van der Waals surface area contributed by atoms with E-state index in [9.17, 15) is 9.59 Å². The Bertz CT molecular complexity index is 1010. The molecule has 2 atom stereocenters. The van der Waals surface area contributed by atoms with Gasteiger partial charge in [-0.15, -0.1) is 0 Å². The lowest BCUT2D eigenvalue weighted by Crippen LogP contribution is -2.33. The Balaban J connectivity index is 1.65. The van der Waals surface area contributed by atoms with Crippen LogP contribution in [0.15, 0.2) is 64.7 Å². The molecule has 2 aliphatic rings. The molecule has 0 radical (unpaired) electrons. The predicted molar refractivity (Wildman–Crippen MR) is 119 cm³/mol. The molecule has 0 aliphatic carbocycles. The number of amides is 1. The molecule has 154 valence electrons. The molecule has 0 bridgehead atoms. The molecule has 1 amide bonds. The maximum absolute atomic E-state index is 12.1. The number of rotatable bonds is 5. The first-order chi connectivity index (χ1) is 14.5. The number of carbonyl (C=O) groups is 2. The molecule has 0 saturated carbocycles. The van der Waals surface area contributed by atoms with Gasteiger partial charge in [-0.25, -0.2) is 5.01 Å². The van der Waals surface area contributed by atoms with E-state index in [0.29, 0.717) is 23.7 Å². The molecule has 0 fully saturated rings. The lowest BCUT2D eigenvalue weighted by Gasteiger charge is -2.26. The molecule has 8 heteroatoms. The van der Waals surface area contributed by atoms with Crippen molar-refractivity contribution < 1.29 is 14.3 Å². The van der Waals surface area contributed by atoms with Gasteiger partial charge in [-0.05, 0) is 23.3 Å². The largest absolute Gasteiger partial charge is 0.466 e. The van der Waals surface area contributed by atoms with Crippen LogP contribution in [0.4, 0.5) is 4.79 Å². The summed E-state index contributed by atoms with van der Waals surface area (Å²) in [5, 5.41) is 6.90. The fourth-order valence-corrected chi connectivity index (χ4v) is 4.53. The summed E-state index contributed by atoms with van der Waals surface area (Å²) in [5.74, 6) is 0.260. The highest BCUT2D eigenvalue weighted by Gasteiger charge is 2.39. The van der Waals surface area contributed by atoms with Crippen LogP contribution < -0.4 is 0 Å². The van der Waals surface area contributed by atoms with Crippen molar-refractivity contribution in [3.63, 3.8) is 0 Å². The van der Waals surface area contributed by atoms with Crippen LogP contribution in [0.2, 0.25) is 5.02 Å². The number of carbonyl (C=O) groups excluding carboxylic acids is 2. The van der Waals surface area contributed by atoms with Crippen molar-refractivity contribution in [1.82, 2.24) is 5.01 Å². The van der Waals surface area contributed by atoms with Gasteiger partial charge < -0.3 is 4.74 Å². The number of hydrogen-bond donors (Lipinski definition) is 0. The molecule has 2 aromatic carbocycles. The number of ether oxygens (including phenoxy) is 1. The Morgan fingerprint density at radius 2 is 1.93 bits per heavy atom. The molecule has 0 spiro atoms. The first-order valence-corrected chi connectivity index (χ1v) is 10.9. The summed E-state index contributed by atoms with van der Waals surface area (Å²) in [6.07, 6.45) is 1.18. The van der Waals surface area contributed by atoms with E-state index in [1.165, 1.54) is 6.92 Å². The van der Waals surface area contributed by atoms with Crippen LogP contribution in [0.25, 0.3) is 0 Å². The minimum Gasteiger partial charge on any atom is -0.466 e. The van der Waals surface area contributed by atoms with Gasteiger partial charge in [0.05, 0.1) is 23.6 Å². The van der Waals surface area contributed by atoms with E-state index in [2.05, 4.69) is 4.99 Å². The zero-order valence-corrected chi connectivity index (χ0v) is 17.9. The molecule has 6 nitrogen and oxygen atoms in total. The standard InChI is InChI=1S/C22H20ClN3O3S/c1-14(27)29-12-11-20-21(24-22(28)30-20)26-19(16-7-9-17(23)10-8-16)13-18(25-26)15-5-3-2-4-6-15/h2-10,19-20H,11-13H2,1H3/t19-,20+/m0/s1. The first-order valence-electron chi connectivity index (χ1n) is 9.61. The number of esters is 1. The molecular formula is C22H20ClN3O3S. The van der Waals surface area contributed by atoms with E-state index >= 15 is 0 Å². The van der Waals surface area contributed by atoms with E-state index < -0.39 is 0 Å². The smallest absolute Gasteiger partial charge is 0.307 e. The Hall–Kier alpha value is -2.64. The van der Waals surface area contributed by atoms with Gasteiger partial charge in [-0.1, -0.05) is 65.8 Å². The van der Waals surface area contributed by atoms with Crippen LogP contribution in [-0.2, 0) is 9.53 Å². The zero-order valence-electron chi connectivity index (χ0n) is 16.3. The second-order valence-electron chi connectivity index (χ2n) is 7.00. The molecule has 2 aliphatic heterocycles. The van der Waals surface area contributed by atoms with E-state index in [4.69, 9.17) is 21.4 Å². The number of amidine groups is 1. The van der Waals surface area contributed by atoms with Gasteiger partial charge in [0.2, 0.25) is 0 Å². The number of thioether (sulfide) groups is 1. The summed E-state index contributed by atoms with van der Waals surface area (Å²) in [6.45, 7) is 1.60. The van der Waals surface area contributed by atoms with E-state index in [0.717, 1.165) is 28.6 Å². The summed E-state index contributed by atoms with van der Waals surface area (Å²) in [7, 11) is 0. The monoisotopic (exact) mass is 441 g/mol. The number of nitrogens with zero attached hydrogens (tertiary/aromatic N) is 3. The van der Waals surface area contributed by atoms with Gasteiger partial charge in [0.25, 0.3) is 0 Å². The normalized spacial score (nSPS) is 20.9. The maximum atomic E-state index is 12.1. The molecule has 0 unspecified atom stereocenters. The topological polar surface area (TPSA) is 71.3 Å². The van der Waals surface area contributed by atoms with Gasteiger partial charge >= 0.3 is 11.2 Å². The summed E-state index contributed by atoms with van der Waals surface area (Å²) < 4.78 is 5.08. The van der Waals surface area contributed by atoms with Crippen molar-refractivity contribution in [2.75, 3.05) is 6.61 Å². The molecule has 0 N–H and O–H groups in total. The Morgan fingerprint density at radius 3 is 2.63 bits per heavy atom. The SMILES string of the molecule is CC(=O)OCC[C@H]1SC(=O)N=C1N1N=C(c2ccccc2)C[C@H]1c1ccc(Cl)cc1. The predicted octanol–water partition coefficient (Wildman–Crippen LogP) is 5.08. The number of halogens is 1. The van der Waals surface area contributed by atoms with Gasteiger partial charge in [-0.3, -0.25) is 9.59 Å². The molecule has 2 heterocycles. The average molecular weight is 442 g/mol. The van der Waals surface area contributed by atoms with Crippen molar-refractivity contribution in [2.45, 2.75) is 31.1 Å². The fraction of sp³-hybridized carbons (Fsp3) is 0.273. The lowest BCUT2D eigenvalue weighted by atomic mass is 9.98. The van der Waals surface area contributed by atoms with Crippen molar-refractivity contribution >= 4 is 46.1 Å². The van der Waals surface area contributed by atoms with E-state index in [1.807, 2.05) is 59.6 Å². The second kappa shape index (κ2) is 9.02. The van der Waals surface area contributed by atoms with Crippen LogP contribution in [0, 0.1) is 0 Å². The third-order valence-electron chi connectivity index (χ3n) is 4.93. The van der Waals surface area contributed by atoms with Gasteiger partial charge in [-0.2, -0.15) is 10.1 Å². The Labute approximate surface area is 184 Å². The zero-order chi connectivity index (χ0) is 21.1. The molecule has 2 aromatic rings. The van der Waals surface area contributed by atoms with E-state index in [-0.39, 0.29) is 29.1 Å². The number of aliphatic imine (C=N–C) groups is 1. The third kappa shape index (κ3) is 4.57. The molecule has 0 aromatic heterocycles. The van der Waals surface area contributed by atoms with Crippen molar-refractivity contribution in [3.8, 4) is 0 Å². The van der Waals surface area contributed by atoms with Crippen molar-refractivity contribution in [3.05, 3.63) is 70.7 Å². The van der Waals surface area contributed by atoms with Crippen molar-refractivity contribution in [1.29, 1.82) is 0 Å². The third-order valence-corrected chi connectivity index (χ3v) is 6.21. The maximum Gasteiger partial charge on any atom is 0.307 e. The molecule has 30 heavy (non-hydrogen) atoms. The highest BCUT2D eigenvalue weighted by Crippen LogP contribution is 2.38. The number of benzene rings is 2. The average Bonchev–Trinajstić information content (AvgIpc) is 3.32. The van der Waals surface area contributed by atoms with Crippen LogP contribution in [0.3, 0.4) is 0 Å². The van der Waals surface area contributed by atoms with Crippen LogP contribution in [0.5, 0.6) is 0 Å². The van der Waals surface area contributed by atoms with E-state index in [1.54, 1.807) is 0 Å². The van der Waals surface area contributed by atoms with Gasteiger partial charge in [0.1, 0.15) is 5.84 Å². The summed E-state index contributed by atoms with van der Waals surface area (Å²) >= 11 is 7.22. The molecule has 0 saturated heterocycles. The summed E-state index contributed by atoms with van der Waals surface area (Å²) in [4.78, 5) is 27.5. The Kier molecular flexibility index (Phi) is 6.20. The number of hydrogen-bond acceptors (Lipinski definition) is 6. The van der Waals surface area contributed by atoms with Crippen LogP contribution in [0.1, 0.15) is 36.9 Å². The molecule has 4 rings (SSSR count). The first kappa shape index (κ1) is 20.6. The van der Waals surface area contributed by atoms with Crippen LogP contribution >= 0.6 is 23.4 Å². The minimum absolute atomic E-state index is 0.0982. The van der Waals surface area contributed by atoms with Crippen LogP contribution in [-0.4, -0.2) is 39.6 Å². The highest BCUT2D eigenvalue weighted by atomic mass is 35.5. The quantitative estimate of drug-likeness (QED) is 0.605. The fourth-order valence-electron chi connectivity index (χ4n) is 3.53. The lowest BCUT2D eigenvalue weighted by molar-refractivity contribution is -0.140. The number of hydrazone groups is 1. The Morgan fingerprint density at radius 1 is 1.20 bits per heavy atom. The molecular weight excluding hydrogens is 422 g/mol. The second-order valence-corrected chi connectivity index (χ2v) is 8.59. The van der Waals surface area contributed by atoms with Gasteiger partial charge in [0, 0.05) is 24.8 Å². The van der Waals surface area contributed by atoms with Gasteiger partial charge in [0.15, 0.2) is 0 Å². The summed E-state index contributed by atoms with van der Waals surface area (Å²) in [5.41, 5.74) is 3.01. The highest BCUT2D eigenvalue weighted by molar-refractivity contribution is 8.15. The minimum atomic E-state index is -0.340. The summed E-state index contributed by atoms with van der Waals surface area (Å²) in [6, 6.07) is 17.5. The van der Waals surface area contributed by atoms with Crippen molar-refractivity contribution in [2.24, 2.45) is 10.1 Å².